The molecule has 1 amide bonds. The van der Waals surface area contributed by atoms with Gasteiger partial charge in [-0.2, -0.15) is 5.26 Å². The van der Waals surface area contributed by atoms with Crippen LogP contribution in [0.2, 0.25) is 0 Å². The SMILES string of the molecule is Cc1[nH]c2ccccc2c1C(=O)C(C#N)C(=O)c1ccc2c(c1)NC(=O)CS2. The maximum atomic E-state index is 13.1. The number of nitriles is 1. The van der Waals surface area contributed by atoms with E-state index < -0.39 is 17.5 Å². The van der Waals surface area contributed by atoms with Gasteiger partial charge in [0.25, 0.3) is 0 Å². The van der Waals surface area contributed by atoms with Crippen molar-refractivity contribution < 1.29 is 14.4 Å². The molecule has 2 aromatic carbocycles. The van der Waals surface area contributed by atoms with Gasteiger partial charge in [-0.25, -0.2) is 0 Å². The van der Waals surface area contributed by atoms with Crippen molar-refractivity contribution in [2.24, 2.45) is 5.92 Å². The van der Waals surface area contributed by atoms with E-state index >= 15 is 0 Å². The predicted molar refractivity (Wildman–Crippen MR) is 107 cm³/mol. The lowest BCUT2D eigenvalue weighted by Gasteiger charge is -2.17. The first kappa shape index (κ1) is 18.0. The molecule has 0 fully saturated rings. The van der Waals surface area contributed by atoms with E-state index in [2.05, 4.69) is 10.3 Å². The molecule has 0 spiro atoms. The number of carbonyl (C=O) groups is 3. The largest absolute Gasteiger partial charge is 0.358 e. The fourth-order valence-corrected chi connectivity index (χ4v) is 4.17. The molecule has 0 saturated carbocycles. The lowest BCUT2D eigenvalue weighted by atomic mass is 9.89. The number of Topliss-reactive ketones (excluding diaryl/α,β-unsaturated/α-hetero) is 2. The molecular formula is C21H15N3O3S. The number of rotatable bonds is 4. The number of hydrogen-bond donors (Lipinski definition) is 2. The molecule has 0 aliphatic carbocycles. The van der Waals surface area contributed by atoms with Crippen LogP contribution in [0, 0.1) is 24.2 Å². The Labute approximate surface area is 164 Å². The fraction of sp³-hybridized carbons (Fsp3) is 0.143. The van der Waals surface area contributed by atoms with Gasteiger partial charge >= 0.3 is 0 Å². The van der Waals surface area contributed by atoms with Crippen LogP contribution in [0.5, 0.6) is 0 Å². The van der Waals surface area contributed by atoms with Gasteiger partial charge in [0.15, 0.2) is 17.5 Å². The zero-order valence-electron chi connectivity index (χ0n) is 14.9. The molecule has 7 heteroatoms. The Kier molecular flexibility index (Phi) is 4.49. The first-order chi connectivity index (χ1) is 13.5. The molecule has 28 heavy (non-hydrogen) atoms. The molecule has 2 heterocycles. The fourth-order valence-electron chi connectivity index (χ4n) is 3.38. The summed E-state index contributed by atoms with van der Waals surface area (Å²) in [4.78, 5) is 41.6. The summed E-state index contributed by atoms with van der Waals surface area (Å²) in [7, 11) is 0. The maximum absolute atomic E-state index is 13.1. The summed E-state index contributed by atoms with van der Waals surface area (Å²) in [6.07, 6.45) is 0. The van der Waals surface area contributed by atoms with Crippen molar-refractivity contribution in [3.8, 4) is 6.07 Å². The molecule has 0 bridgehead atoms. The lowest BCUT2D eigenvalue weighted by molar-refractivity contribution is -0.113. The highest BCUT2D eigenvalue weighted by Crippen LogP contribution is 2.33. The zero-order chi connectivity index (χ0) is 19.8. The Morgan fingerprint density at radius 1 is 1.18 bits per heavy atom. The summed E-state index contributed by atoms with van der Waals surface area (Å²) in [6, 6.07) is 14.0. The van der Waals surface area contributed by atoms with Crippen molar-refractivity contribution in [2.45, 2.75) is 11.8 Å². The number of para-hydroxylation sites is 1. The monoisotopic (exact) mass is 389 g/mol. The molecule has 1 aliphatic rings. The van der Waals surface area contributed by atoms with Gasteiger partial charge in [0.2, 0.25) is 5.91 Å². The number of aryl methyl sites for hydroxylation is 1. The van der Waals surface area contributed by atoms with Crippen LogP contribution in [0.1, 0.15) is 26.4 Å². The number of carbonyl (C=O) groups excluding carboxylic acids is 3. The van der Waals surface area contributed by atoms with Gasteiger partial charge < -0.3 is 10.3 Å². The summed E-state index contributed by atoms with van der Waals surface area (Å²) >= 11 is 1.38. The third-order valence-electron chi connectivity index (χ3n) is 4.69. The Balaban J connectivity index is 1.71. The second-order valence-corrected chi connectivity index (χ2v) is 7.53. The number of amides is 1. The molecule has 4 rings (SSSR count). The Morgan fingerprint density at radius 3 is 2.75 bits per heavy atom. The van der Waals surface area contributed by atoms with Crippen molar-refractivity contribution in [1.82, 2.24) is 4.98 Å². The van der Waals surface area contributed by atoms with Crippen LogP contribution in [0.15, 0.2) is 47.4 Å². The third-order valence-corrected chi connectivity index (χ3v) is 5.76. The van der Waals surface area contributed by atoms with Crippen molar-refractivity contribution in [1.29, 1.82) is 5.26 Å². The van der Waals surface area contributed by atoms with E-state index in [1.165, 1.54) is 17.8 Å². The van der Waals surface area contributed by atoms with Gasteiger partial charge in [-0.05, 0) is 25.1 Å². The minimum absolute atomic E-state index is 0.149. The van der Waals surface area contributed by atoms with Crippen LogP contribution in [-0.2, 0) is 4.79 Å². The third kappa shape index (κ3) is 2.98. The molecule has 138 valence electrons. The summed E-state index contributed by atoms with van der Waals surface area (Å²) in [6.45, 7) is 1.75. The van der Waals surface area contributed by atoms with E-state index in [0.717, 1.165) is 10.4 Å². The van der Waals surface area contributed by atoms with Crippen LogP contribution >= 0.6 is 11.8 Å². The number of nitrogens with zero attached hydrogens (tertiary/aromatic N) is 1. The van der Waals surface area contributed by atoms with Crippen LogP contribution in [0.4, 0.5) is 5.69 Å². The number of benzene rings is 2. The van der Waals surface area contributed by atoms with Gasteiger partial charge in [0.1, 0.15) is 0 Å². The van der Waals surface area contributed by atoms with E-state index in [1.54, 1.807) is 31.2 Å². The van der Waals surface area contributed by atoms with E-state index in [0.29, 0.717) is 28.1 Å². The van der Waals surface area contributed by atoms with E-state index in [-0.39, 0.29) is 11.5 Å². The van der Waals surface area contributed by atoms with Crippen molar-refractivity contribution >= 4 is 45.8 Å². The number of fused-ring (bicyclic) bond motifs is 2. The van der Waals surface area contributed by atoms with E-state index in [4.69, 9.17) is 0 Å². The van der Waals surface area contributed by atoms with Crippen molar-refractivity contribution in [3.63, 3.8) is 0 Å². The number of aromatic amines is 1. The summed E-state index contributed by atoms with van der Waals surface area (Å²) < 4.78 is 0. The Bertz CT molecular complexity index is 1190. The smallest absolute Gasteiger partial charge is 0.234 e. The first-order valence-corrected chi connectivity index (χ1v) is 9.60. The lowest BCUT2D eigenvalue weighted by Crippen LogP contribution is -2.24. The first-order valence-electron chi connectivity index (χ1n) is 8.61. The molecule has 0 radical (unpaired) electrons. The zero-order valence-corrected chi connectivity index (χ0v) is 15.7. The van der Waals surface area contributed by atoms with Gasteiger partial charge in [-0.1, -0.05) is 24.3 Å². The number of anilines is 1. The number of hydrogen-bond acceptors (Lipinski definition) is 5. The molecule has 6 nitrogen and oxygen atoms in total. The van der Waals surface area contributed by atoms with Gasteiger partial charge in [-0.15, -0.1) is 11.8 Å². The number of H-pyrrole nitrogens is 1. The van der Waals surface area contributed by atoms with Crippen molar-refractivity contribution in [2.75, 3.05) is 11.1 Å². The highest BCUT2D eigenvalue weighted by atomic mass is 32.2. The minimum Gasteiger partial charge on any atom is -0.358 e. The number of thioether (sulfide) groups is 1. The maximum Gasteiger partial charge on any atom is 0.234 e. The molecule has 2 N–H and O–H groups in total. The Morgan fingerprint density at radius 2 is 1.96 bits per heavy atom. The predicted octanol–water partition coefficient (Wildman–Crippen LogP) is 3.73. The number of nitrogens with one attached hydrogen (secondary N) is 2. The highest BCUT2D eigenvalue weighted by molar-refractivity contribution is 8.00. The van der Waals surface area contributed by atoms with Crippen LogP contribution in [0.3, 0.4) is 0 Å². The molecule has 3 aromatic rings. The summed E-state index contributed by atoms with van der Waals surface area (Å²) in [5.74, 6) is -2.39. The normalized spacial score (nSPS) is 14.1. The Hall–Kier alpha value is -3.37. The summed E-state index contributed by atoms with van der Waals surface area (Å²) in [5.41, 5.74) is 2.50. The number of ketones is 2. The number of aromatic nitrogens is 1. The van der Waals surface area contributed by atoms with E-state index in [1.807, 2.05) is 18.2 Å². The van der Waals surface area contributed by atoms with Gasteiger partial charge in [-0.3, -0.25) is 14.4 Å². The molecule has 1 aliphatic heterocycles. The summed E-state index contributed by atoms with van der Waals surface area (Å²) in [5, 5.41) is 13.0. The minimum atomic E-state index is -1.46. The topological polar surface area (TPSA) is 103 Å². The van der Waals surface area contributed by atoms with Crippen LogP contribution in [0.25, 0.3) is 10.9 Å². The standard InChI is InChI=1S/C21H15N3O3S/c1-11-19(13-4-2-3-5-15(13)23-11)21(27)14(9-22)20(26)12-6-7-17-16(8-12)24-18(25)10-28-17/h2-8,14,23H,10H2,1H3,(H,24,25). The van der Waals surface area contributed by atoms with Crippen molar-refractivity contribution in [3.05, 3.63) is 59.3 Å². The molecular weight excluding hydrogens is 374 g/mol. The average molecular weight is 389 g/mol. The van der Waals surface area contributed by atoms with Crippen LogP contribution in [-0.4, -0.2) is 28.2 Å². The quantitative estimate of drug-likeness (QED) is 0.523. The molecule has 1 unspecified atom stereocenters. The average Bonchev–Trinajstić information content (AvgIpc) is 3.03. The van der Waals surface area contributed by atoms with E-state index in [9.17, 15) is 19.6 Å². The molecule has 1 aromatic heterocycles. The highest BCUT2D eigenvalue weighted by Gasteiger charge is 2.32. The molecule has 0 saturated heterocycles. The van der Waals surface area contributed by atoms with Gasteiger partial charge in [0.05, 0.1) is 17.5 Å². The van der Waals surface area contributed by atoms with Crippen LogP contribution < -0.4 is 5.32 Å². The molecule has 1 atom stereocenters. The second kappa shape index (κ2) is 6.98. The second-order valence-electron chi connectivity index (χ2n) is 6.51. The van der Waals surface area contributed by atoms with Gasteiger partial charge in [0, 0.05) is 32.6 Å².